The second-order valence-corrected chi connectivity index (χ2v) is 6.74. The van der Waals surface area contributed by atoms with Crippen LogP contribution in [0.25, 0.3) is 10.9 Å². The quantitative estimate of drug-likeness (QED) is 0.693. The van der Waals surface area contributed by atoms with Gasteiger partial charge in [0.15, 0.2) is 5.75 Å². The summed E-state index contributed by atoms with van der Waals surface area (Å²) in [5.74, 6) is 1.20. The van der Waals surface area contributed by atoms with Crippen molar-refractivity contribution in [1.82, 2.24) is 9.97 Å². The Labute approximate surface area is 163 Å². The lowest BCUT2D eigenvalue weighted by atomic mass is 10.1. The van der Waals surface area contributed by atoms with E-state index in [9.17, 15) is 4.79 Å². The van der Waals surface area contributed by atoms with Crippen molar-refractivity contribution in [3.63, 3.8) is 0 Å². The molecule has 28 heavy (non-hydrogen) atoms. The lowest BCUT2D eigenvalue weighted by Gasteiger charge is -2.29. The van der Waals surface area contributed by atoms with Crippen LogP contribution < -0.4 is 15.0 Å². The van der Waals surface area contributed by atoms with Crippen molar-refractivity contribution in [1.29, 1.82) is 0 Å². The van der Waals surface area contributed by atoms with E-state index in [0.29, 0.717) is 24.7 Å². The van der Waals surface area contributed by atoms with Gasteiger partial charge in [-0.1, -0.05) is 36.4 Å². The van der Waals surface area contributed by atoms with Gasteiger partial charge in [-0.05, 0) is 37.1 Å². The van der Waals surface area contributed by atoms with Crippen molar-refractivity contribution in [2.45, 2.75) is 13.3 Å². The zero-order chi connectivity index (χ0) is 19.5. The number of aromatic nitrogens is 2. The molecule has 1 aliphatic rings. The van der Waals surface area contributed by atoms with Gasteiger partial charge in [-0.2, -0.15) is 0 Å². The molecule has 0 saturated carbocycles. The fourth-order valence-electron chi connectivity index (χ4n) is 3.50. The summed E-state index contributed by atoms with van der Waals surface area (Å²) < 4.78 is 5.93. The zero-order valence-corrected chi connectivity index (χ0v) is 15.8. The second-order valence-electron chi connectivity index (χ2n) is 6.74. The fourth-order valence-corrected chi connectivity index (χ4v) is 3.50. The molecule has 1 amide bonds. The van der Waals surface area contributed by atoms with E-state index in [4.69, 9.17) is 4.74 Å². The van der Waals surface area contributed by atoms with Crippen LogP contribution in [0.15, 0.2) is 55.4 Å². The number of ether oxygens (including phenoxy) is 1. The molecule has 6 heteroatoms. The highest BCUT2D eigenvalue weighted by molar-refractivity contribution is 6.07. The average Bonchev–Trinajstić information content (AvgIpc) is 2.72. The number of carbonyl (C=O) groups is 1. The normalized spacial score (nSPS) is 13.0. The Morgan fingerprint density at radius 3 is 3.04 bits per heavy atom. The predicted molar refractivity (Wildman–Crippen MR) is 111 cm³/mol. The van der Waals surface area contributed by atoms with Crippen molar-refractivity contribution in [3.05, 3.63) is 66.5 Å². The minimum absolute atomic E-state index is 0.144. The summed E-state index contributed by atoms with van der Waals surface area (Å²) in [6, 6.07) is 12.2. The van der Waals surface area contributed by atoms with Crippen LogP contribution in [0.5, 0.6) is 5.75 Å². The largest absolute Gasteiger partial charge is 0.489 e. The van der Waals surface area contributed by atoms with E-state index >= 15 is 0 Å². The van der Waals surface area contributed by atoms with Crippen molar-refractivity contribution in [3.8, 4) is 5.75 Å². The van der Waals surface area contributed by atoms with Gasteiger partial charge in [0, 0.05) is 6.54 Å². The topological polar surface area (TPSA) is 67.4 Å². The molecule has 0 bridgehead atoms. The Hall–Kier alpha value is -3.41. The molecule has 0 spiro atoms. The summed E-state index contributed by atoms with van der Waals surface area (Å²) in [7, 11) is 0. The maximum Gasteiger partial charge on any atom is 0.250 e. The second kappa shape index (κ2) is 7.68. The third-order valence-corrected chi connectivity index (χ3v) is 4.82. The van der Waals surface area contributed by atoms with Gasteiger partial charge >= 0.3 is 0 Å². The van der Waals surface area contributed by atoms with E-state index in [1.54, 1.807) is 11.2 Å². The Bertz CT molecular complexity index is 1050. The fraction of sp³-hybridized carbons (Fsp3) is 0.227. The number of benzene rings is 2. The van der Waals surface area contributed by atoms with Gasteiger partial charge in [0.1, 0.15) is 18.8 Å². The van der Waals surface area contributed by atoms with Crippen LogP contribution in [0.4, 0.5) is 11.5 Å². The number of nitrogens with one attached hydrogen (secondary N) is 1. The van der Waals surface area contributed by atoms with Gasteiger partial charge < -0.3 is 15.0 Å². The van der Waals surface area contributed by atoms with Gasteiger partial charge in [0.25, 0.3) is 5.91 Å². The zero-order valence-electron chi connectivity index (χ0n) is 15.8. The molecule has 1 aliphatic heterocycles. The third-order valence-electron chi connectivity index (χ3n) is 4.82. The molecule has 0 unspecified atom stereocenters. The Morgan fingerprint density at radius 1 is 1.32 bits per heavy atom. The first-order valence-corrected chi connectivity index (χ1v) is 9.31. The number of rotatable bonds is 5. The number of amides is 1. The van der Waals surface area contributed by atoms with Gasteiger partial charge in [0.05, 0.1) is 23.1 Å². The first-order valence-electron chi connectivity index (χ1n) is 9.31. The van der Waals surface area contributed by atoms with Crippen LogP contribution >= 0.6 is 0 Å². The van der Waals surface area contributed by atoms with Gasteiger partial charge in [-0.3, -0.25) is 4.79 Å². The number of nitrogens with zero attached hydrogens (tertiary/aromatic N) is 3. The lowest BCUT2D eigenvalue weighted by molar-refractivity contribution is -0.114. The Balaban J connectivity index is 1.65. The summed E-state index contributed by atoms with van der Waals surface area (Å²) in [6.07, 6.45) is 3.74. The van der Waals surface area contributed by atoms with E-state index in [1.165, 1.54) is 17.2 Å². The number of fused-ring (bicyclic) bond motifs is 3. The number of hydrogen-bond acceptors (Lipinski definition) is 5. The Morgan fingerprint density at radius 2 is 2.21 bits per heavy atom. The molecule has 0 fully saturated rings. The van der Waals surface area contributed by atoms with Crippen LogP contribution in [0, 0.1) is 6.92 Å². The smallest absolute Gasteiger partial charge is 0.250 e. The molecule has 0 radical (unpaired) electrons. The van der Waals surface area contributed by atoms with Crippen LogP contribution in [-0.2, 0) is 11.2 Å². The summed E-state index contributed by atoms with van der Waals surface area (Å²) >= 11 is 0. The summed E-state index contributed by atoms with van der Waals surface area (Å²) in [6.45, 7) is 7.33. The van der Waals surface area contributed by atoms with Crippen LogP contribution in [0.3, 0.4) is 0 Å². The molecular formula is C22H22N4O2. The third kappa shape index (κ3) is 3.41. The Kier molecular flexibility index (Phi) is 4.93. The average molecular weight is 374 g/mol. The molecule has 0 saturated heterocycles. The summed E-state index contributed by atoms with van der Waals surface area (Å²) in [5, 5.41) is 4.21. The number of aryl methyl sites for hydroxylation is 1. The molecular weight excluding hydrogens is 352 g/mol. The molecule has 142 valence electrons. The first-order chi connectivity index (χ1) is 13.7. The van der Waals surface area contributed by atoms with Gasteiger partial charge in [-0.15, -0.1) is 0 Å². The van der Waals surface area contributed by atoms with Crippen LogP contribution in [0.1, 0.15) is 11.1 Å². The van der Waals surface area contributed by atoms with E-state index in [0.717, 1.165) is 29.6 Å². The van der Waals surface area contributed by atoms with Crippen molar-refractivity contribution in [2.24, 2.45) is 0 Å². The van der Waals surface area contributed by atoms with Crippen molar-refractivity contribution >= 4 is 28.3 Å². The first kappa shape index (κ1) is 18.0. The minimum atomic E-state index is -0.144. The molecule has 0 aliphatic carbocycles. The SMILES string of the molecule is C=CC(=O)N1CCOc2c1ccc1ncnc(NCCc3cccc(C)c3)c21. The summed E-state index contributed by atoms with van der Waals surface area (Å²) in [4.78, 5) is 22.7. The highest BCUT2D eigenvalue weighted by Gasteiger charge is 2.25. The van der Waals surface area contributed by atoms with E-state index in [-0.39, 0.29) is 5.91 Å². The maximum atomic E-state index is 12.2. The van der Waals surface area contributed by atoms with E-state index in [2.05, 4.69) is 53.1 Å². The molecule has 3 aromatic rings. The van der Waals surface area contributed by atoms with Gasteiger partial charge in [0.2, 0.25) is 0 Å². The predicted octanol–water partition coefficient (Wildman–Crippen LogP) is 3.50. The van der Waals surface area contributed by atoms with Crippen LogP contribution in [-0.4, -0.2) is 35.6 Å². The molecule has 2 heterocycles. The molecule has 0 atom stereocenters. The molecule has 1 aromatic heterocycles. The monoisotopic (exact) mass is 374 g/mol. The van der Waals surface area contributed by atoms with Crippen molar-refractivity contribution < 1.29 is 9.53 Å². The van der Waals surface area contributed by atoms with Crippen molar-refractivity contribution in [2.75, 3.05) is 29.9 Å². The molecule has 4 rings (SSSR count). The summed E-state index contributed by atoms with van der Waals surface area (Å²) in [5.41, 5.74) is 4.02. The number of carbonyl (C=O) groups excluding carboxylic acids is 1. The highest BCUT2D eigenvalue weighted by atomic mass is 16.5. The molecule has 2 aromatic carbocycles. The van der Waals surface area contributed by atoms with E-state index in [1.807, 2.05) is 12.1 Å². The van der Waals surface area contributed by atoms with Gasteiger partial charge in [-0.25, -0.2) is 9.97 Å². The minimum Gasteiger partial charge on any atom is -0.489 e. The highest BCUT2D eigenvalue weighted by Crippen LogP contribution is 2.40. The van der Waals surface area contributed by atoms with E-state index < -0.39 is 0 Å². The molecule has 1 N–H and O–H groups in total. The number of hydrogen-bond donors (Lipinski definition) is 1. The van der Waals surface area contributed by atoms with Crippen LogP contribution in [0.2, 0.25) is 0 Å². The lowest BCUT2D eigenvalue weighted by Crippen LogP contribution is -2.36. The standard InChI is InChI=1S/C22H22N4O2/c1-3-19(27)26-11-12-28-21-18(26)8-7-17-20(21)22(25-14-24-17)23-10-9-16-6-4-5-15(2)13-16/h3-8,13-14H,1,9-12H2,2H3,(H,23,24,25). The number of anilines is 2. The maximum absolute atomic E-state index is 12.2. The molecule has 6 nitrogen and oxygen atoms in total.